The van der Waals surface area contributed by atoms with Crippen molar-refractivity contribution < 1.29 is 4.39 Å². The van der Waals surface area contributed by atoms with Crippen LogP contribution in [0.3, 0.4) is 0 Å². The second kappa shape index (κ2) is 4.95. The van der Waals surface area contributed by atoms with Crippen molar-refractivity contribution in [3.05, 3.63) is 35.2 Å². The SMILES string of the molecule is F[C@H]1CC[C@@H](c2nc3cnc4ccc(Cl)cc4c3[nH]2)CC1. The van der Waals surface area contributed by atoms with E-state index in [0.717, 1.165) is 40.6 Å². The Labute approximate surface area is 126 Å². The van der Waals surface area contributed by atoms with Crippen molar-refractivity contribution in [2.45, 2.75) is 37.8 Å². The highest BCUT2D eigenvalue weighted by molar-refractivity contribution is 6.31. The quantitative estimate of drug-likeness (QED) is 0.704. The summed E-state index contributed by atoms with van der Waals surface area (Å²) in [6, 6.07) is 5.65. The van der Waals surface area contributed by atoms with E-state index in [1.54, 1.807) is 6.20 Å². The van der Waals surface area contributed by atoms with Crippen LogP contribution in [0.15, 0.2) is 24.4 Å². The van der Waals surface area contributed by atoms with Crippen LogP contribution >= 0.6 is 11.6 Å². The third-order valence-electron chi connectivity index (χ3n) is 4.35. The Bertz CT molecular complexity index is 806. The van der Waals surface area contributed by atoms with Crippen molar-refractivity contribution in [2.24, 2.45) is 0 Å². The summed E-state index contributed by atoms with van der Waals surface area (Å²) in [7, 11) is 0. The van der Waals surface area contributed by atoms with Crippen molar-refractivity contribution in [1.82, 2.24) is 15.0 Å². The van der Waals surface area contributed by atoms with E-state index in [9.17, 15) is 4.39 Å². The Morgan fingerprint density at radius 2 is 1.95 bits per heavy atom. The lowest BCUT2D eigenvalue weighted by Crippen LogP contribution is -2.14. The normalized spacial score (nSPS) is 23.0. The number of benzene rings is 1. The molecule has 1 aromatic carbocycles. The second-order valence-corrected chi connectivity index (χ2v) is 6.19. The summed E-state index contributed by atoms with van der Waals surface area (Å²) in [6.07, 6.45) is 4.11. The molecule has 0 amide bonds. The minimum Gasteiger partial charge on any atom is -0.341 e. The minimum atomic E-state index is -0.646. The number of fused-ring (bicyclic) bond motifs is 3. The van der Waals surface area contributed by atoms with Gasteiger partial charge in [0.2, 0.25) is 0 Å². The number of hydrogen-bond acceptors (Lipinski definition) is 2. The van der Waals surface area contributed by atoms with E-state index in [-0.39, 0.29) is 0 Å². The summed E-state index contributed by atoms with van der Waals surface area (Å²) in [5, 5.41) is 1.67. The lowest BCUT2D eigenvalue weighted by Gasteiger charge is -2.22. The van der Waals surface area contributed by atoms with Crippen LogP contribution in [0.5, 0.6) is 0 Å². The van der Waals surface area contributed by atoms with E-state index in [1.165, 1.54) is 0 Å². The van der Waals surface area contributed by atoms with Gasteiger partial charge in [0, 0.05) is 16.3 Å². The van der Waals surface area contributed by atoms with Crippen molar-refractivity contribution in [2.75, 3.05) is 0 Å². The molecule has 0 aliphatic heterocycles. The molecule has 1 fully saturated rings. The van der Waals surface area contributed by atoms with Crippen LogP contribution < -0.4 is 0 Å². The first-order valence-electron chi connectivity index (χ1n) is 7.28. The monoisotopic (exact) mass is 303 g/mol. The molecule has 0 unspecified atom stereocenters. The molecular weight excluding hydrogens is 289 g/mol. The summed E-state index contributed by atoms with van der Waals surface area (Å²) in [4.78, 5) is 12.5. The average Bonchev–Trinajstić information content (AvgIpc) is 2.92. The Balaban J connectivity index is 1.82. The van der Waals surface area contributed by atoms with Crippen LogP contribution in [0.25, 0.3) is 21.9 Å². The number of halogens is 2. The molecule has 108 valence electrons. The summed E-state index contributed by atoms with van der Waals surface area (Å²) in [5.74, 6) is 1.27. The number of hydrogen-bond donors (Lipinski definition) is 1. The highest BCUT2D eigenvalue weighted by Gasteiger charge is 2.24. The molecule has 0 saturated heterocycles. The van der Waals surface area contributed by atoms with Gasteiger partial charge in [-0.05, 0) is 43.9 Å². The zero-order chi connectivity index (χ0) is 14.4. The lowest BCUT2D eigenvalue weighted by atomic mass is 9.88. The maximum Gasteiger partial charge on any atom is 0.110 e. The molecule has 0 bridgehead atoms. The Hall–Kier alpha value is -1.68. The van der Waals surface area contributed by atoms with Gasteiger partial charge in [0.25, 0.3) is 0 Å². The van der Waals surface area contributed by atoms with Crippen LogP contribution in [-0.2, 0) is 0 Å². The predicted octanol–water partition coefficient (Wildman–Crippen LogP) is 4.76. The molecule has 0 radical (unpaired) electrons. The molecule has 1 N–H and O–H groups in total. The molecule has 3 aromatic rings. The van der Waals surface area contributed by atoms with E-state index in [1.807, 2.05) is 18.2 Å². The van der Waals surface area contributed by atoms with E-state index >= 15 is 0 Å². The van der Waals surface area contributed by atoms with Crippen molar-refractivity contribution in [1.29, 1.82) is 0 Å². The molecule has 1 aliphatic rings. The summed E-state index contributed by atoms with van der Waals surface area (Å²) >= 11 is 6.09. The number of aromatic nitrogens is 3. The number of H-pyrrole nitrogens is 1. The fourth-order valence-electron chi connectivity index (χ4n) is 3.18. The summed E-state index contributed by atoms with van der Waals surface area (Å²) in [6.45, 7) is 0. The van der Waals surface area contributed by atoms with Crippen LogP contribution in [0.2, 0.25) is 5.02 Å². The Morgan fingerprint density at radius 1 is 1.14 bits per heavy atom. The molecule has 3 nitrogen and oxygen atoms in total. The molecule has 2 heterocycles. The maximum absolute atomic E-state index is 13.3. The van der Waals surface area contributed by atoms with Crippen molar-refractivity contribution in [3.8, 4) is 0 Å². The second-order valence-electron chi connectivity index (χ2n) is 5.75. The molecule has 1 aliphatic carbocycles. The van der Waals surface area contributed by atoms with Gasteiger partial charge in [0.15, 0.2) is 0 Å². The van der Waals surface area contributed by atoms with Crippen molar-refractivity contribution in [3.63, 3.8) is 0 Å². The number of aromatic amines is 1. The fourth-order valence-corrected chi connectivity index (χ4v) is 3.35. The van der Waals surface area contributed by atoms with Gasteiger partial charge in [0.1, 0.15) is 17.5 Å². The third-order valence-corrected chi connectivity index (χ3v) is 4.58. The smallest absolute Gasteiger partial charge is 0.110 e. The molecule has 0 atom stereocenters. The average molecular weight is 304 g/mol. The van der Waals surface area contributed by atoms with Gasteiger partial charge in [-0.1, -0.05) is 11.6 Å². The molecule has 5 heteroatoms. The molecule has 0 spiro atoms. The largest absolute Gasteiger partial charge is 0.341 e. The Morgan fingerprint density at radius 3 is 2.76 bits per heavy atom. The van der Waals surface area contributed by atoms with E-state index < -0.39 is 6.17 Å². The van der Waals surface area contributed by atoms with E-state index in [0.29, 0.717) is 23.8 Å². The highest BCUT2D eigenvalue weighted by atomic mass is 35.5. The molecular formula is C16H15ClFN3. The molecule has 4 rings (SSSR count). The predicted molar refractivity (Wildman–Crippen MR) is 82.5 cm³/mol. The van der Waals surface area contributed by atoms with Crippen LogP contribution in [0.4, 0.5) is 4.39 Å². The third kappa shape index (κ3) is 2.27. The van der Waals surface area contributed by atoms with Gasteiger partial charge >= 0.3 is 0 Å². The lowest BCUT2D eigenvalue weighted by molar-refractivity contribution is 0.232. The van der Waals surface area contributed by atoms with Gasteiger partial charge in [-0.3, -0.25) is 4.98 Å². The van der Waals surface area contributed by atoms with Crippen LogP contribution in [0.1, 0.15) is 37.4 Å². The van der Waals surface area contributed by atoms with Gasteiger partial charge in [-0.2, -0.15) is 0 Å². The summed E-state index contributed by atoms with van der Waals surface area (Å²) < 4.78 is 13.3. The van der Waals surface area contributed by atoms with E-state index in [4.69, 9.17) is 11.6 Å². The number of pyridine rings is 1. The minimum absolute atomic E-state index is 0.318. The fraction of sp³-hybridized carbons (Fsp3) is 0.375. The Kier molecular flexibility index (Phi) is 3.07. The van der Waals surface area contributed by atoms with Gasteiger partial charge in [-0.25, -0.2) is 9.37 Å². The number of rotatable bonds is 1. The summed E-state index contributed by atoms with van der Waals surface area (Å²) in [5.41, 5.74) is 2.72. The highest BCUT2D eigenvalue weighted by Crippen LogP contribution is 2.34. The van der Waals surface area contributed by atoms with Crippen molar-refractivity contribution >= 4 is 33.5 Å². The molecule has 2 aromatic heterocycles. The van der Waals surface area contributed by atoms with Gasteiger partial charge in [-0.15, -0.1) is 0 Å². The first-order chi connectivity index (χ1) is 10.2. The molecule has 21 heavy (non-hydrogen) atoms. The zero-order valence-electron chi connectivity index (χ0n) is 11.4. The van der Waals surface area contributed by atoms with E-state index in [2.05, 4.69) is 15.0 Å². The van der Waals surface area contributed by atoms with Crippen LogP contribution in [-0.4, -0.2) is 21.1 Å². The maximum atomic E-state index is 13.3. The number of nitrogens with one attached hydrogen (secondary N) is 1. The van der Waals surface area contributed by atoms with Gasteiger partial charge < -0.3 is 4.98 Å². The number of alkyl halides is 1. The first kappa shape index (κ1) is 13.0. The molecule has 1 saturated carbocycles. The topological polar surface area (TPSA) is 41.6 Å². The zero-order valence-corrected chi connectivity index (χ0v) is 12.2. The number of imidazole rings is 1. The first-order valence-corrected chi connectivity index (χ1v) is 7.66. The number of nitrogens with zero attached hydrogens (tertiary/aromatic N) is 2. The van der Waals surface area contributed by atoms with Crippen LogP contribution in [0, 0.1) is 0 Å². The van der Waals surface area contributed by atoms with Gasteiger partial charge in [0.05, 0.1) is 17.2 Å². The standard InChI is InChI=1S/C16H15ClFN3/c17-10-3-6-13-12(7-10)15-14(8-19-13)20-16(21-15)9-1-4-11(18)5-2-9/h3,6-9,11H,1-2,4-5H2,(H,20,21)/t9-,11+.